The molecular formula is C19H23N3O2. The van der Waals surface area contributed by atoms with Gasteiger partial charge in [0.05, 0.1) is 7.11 Å². The number of nitrogens with one attached hydrogen (secondary N) is 1. The van der Waals surface area contributed by atoms with Gasteiger partial charge in [-0.2, -0.15) is 5.26 Å². The number of ether oxygens (including phenoxy) is 1. The van der Waals surface area contributed by atoms with Crippen molar-refractivity contribution in [3.8, 4) is 11.8 Å². The number of carbonyl (C=O) groups excluding carboxylic acids is 1. The van der Waals surface area contributed by atoms with Crippen molar-refractivity contribution in [2.24, 2.45) is 0 Å². The average Bonchev–Trinajstić information content (AvgIpc) is 2.61. The first-order valence-corrected chi connectivity index (χ1v) is 7.63. The predicted molar refractivity (Wildman–Crippen MR) is 95.4 cm³/mol. The molecule has 0 unspecified atom stereocenters. The SMILES string of the molecule is C=CCN(CC=C)C(=O)/C(C#N)=C\NCCc1ccc(OC)cc1. The van der Waals surface area contributed by atoms with Crippen molar-refractivity contribution < 1.29 is 9.53 Å². The molecule has 0 fully saturated rings. The molecule has 0 heterocycles. The third kappa shape index (κ3) is 6.01. The van der Waals surface area contributed by atoms with Crippen LogP contribution in [0.25, 0.3) is 0 Å². The summed E-state index contributed by atoms with van der Waals surface area (Å²) in [4.78, 5) is 13.8. The largest absolute Gasteiger partial charge is 0.497 e. The average molecular weight is 325 g/mol. The smallest absolute Gasteiger partial charge is 0.266 e. The lowest BCUT2D eigenvalue weighted by atomic mass is 10.1. The van der Waals surface area contributed by atoms with Crippen molar-refractivity contribution >= 4 is 5.91 Å². The van der Waals surface area contributed by atoms with Crippen molar-refractivity contribution in [3.63, 3.8) is 0 Å². The number of benzene rings is 1. The molecule has 0 bridgehead atoms. The maximum absolute atomic E-state index is 12.3. The van der Waals surface area contributed by atoms with Crippen LogP contribution in [-0.4, -0.2) is 37.6 Å². The van der Waals surface area contributed by atoms with Gasteiger partial charge in [-0.15, -0.1) is 13.2 Å². The fraction of sp³-hybridized carbons (Fsp3) is 0.263. The third-order valence-corrected chi connectivity index (χ3v) is 3.30. The van der Waals surface area contributed by atoms with Crippen LogP contribution < -0.4 is 10.1 Å². The molecule has 5 heteroatoms. The molecule has 24 heavy (non-hydrogen) atoms. The zero-order valence-corrected chi connectivity index (χ0v) is 14.0. The third-order valence-electron chi connectivity index (χ3n) is 3.30. The summed E-state index contributed by atoms with van der Waals surface area (Å²) in [6.07, 6.45) is 5.47. The van der Waals surface area contributed by atoms with E-state index in [1.807, 2.05) is 30.3 Å². The number of nitriles is 1. The molecule has 1 N–H and O–H groups in total. The molecule has 1 rings (SSSR count). The van der Waals surface area contributed by atoms with Gasteiger partial charge < -0.3 is 15.0 Å². The Morgan fingerprint density at radius 1 is 1.29 bits per heavy atom. The Bertz CT molecular complexity index is 617. The van der Waals surface area contributed by atoms with Gasteiger partial charge in [0.25, 0.3) is 5.91 Å². The first-order chi connectivity index (χ1) is 11.7. The minimum Gasteiger partial charge on any atom is -0.497 e. The van der Waals surface area contributed by atoms with Crippen molar-refractivity contribution in [1.82, 2.24) is 10.2 Å². The standard InChI is InChI=1S/C19H23N3O2/c1-4-12-22(13-5-2)19(23)17(14-20)15-21-11-10-16-6-8-18(24-3)9-7-16/h4-9,15,21H,1-2,10-13H2,3H3/b17-15-. The van der Waals surface area contributed by atoms with E-state index < -0.39 is 0 Å². The van der Waals surface area contributed by atoms with Gasteiger partial charge in [0, 0.05) is 25.8 Å². The second kappa shape index (κ2) is 10.7. The fourth-order valence-electron chi connectivity index (χ4n) is 2.05. The van der Waals surface area contributed by atoms with Gasteiger partial charge in [0.2, 0.25) is 0 Å². The molecule has 0 aliphatic heterocycles. The van der Waals surface area contributed by atoms with Crippen molar-refractivity contribution in [1.29, 1.82) is 5.26 Å². The summed E-state index contributed by atoms with van der Waals surface area (Å²) in [5, 5.41) is 12.2. The highest BCUT2D eigenvalue weighted by Crippen LogP contribution is 2.11. The maximum Gasteiger partial charge on any atom is 0.266 e. The van der Waals surface area contributed by atoms with Crippen LogP contribution in [0.1, 0.15) is 5.56 Å². The normalized spacial score (nSPS) is 10.4. The number of amides is 1. The van der Waals surface area contributed by atoms with Crippen molar-refractivity contribution in [2.75, 3.05) is 26.7 Å². The zero-order chi connectivity index (χ0) is 17.8. The van der Waals surface area contributed by atoms with Gasteiger partial charge in [-0.1, -0.05) is 24.3 Å². The van der Waals surface area contributed by atoms with Crippen LogP contribution in [0.4, 0.5) is 0 Å². The van der Waals surface area contributed by atoms with Crippen molar-refractivity contribution in [2.45, 2.75) is 6.42 Å². The van der Waals surface area contributed by atoms with E-state index >= 15 is 0 Å². The Morgan fingerprint density at radius 2 is 1.92 bits per heavy atom. The minimum atomic E-state index is -0.339. The summed E-state index contributed by atoms with van der Waals surface area (Å²) in [5.74, 6) is 0.475. The van der Waals surface area contributed by atoms with Gasteiger partial charge in [-0.05, 0) is 24.1 Å². The summed E-state index contributed by atoms with van der Waals surface area (Å²) in [7, 11) is 1.63. The molecule has 0 radical (unpaired) electrons. The second-order valence-electron chi connectivity index (χ2n) is 5.01. The molecule has 0 aliphatic rings. The molecule has 1 amide bonds. The molecule has 5 nitrogen and oxygen atoms in total. The second-order valence-corrected chi connectivity index (χ2v) is 5.01. The van der Waals surface area contributed by atoms with E-state index in [4.69, 9.17) is 4.74 Å². The summed E-state index contributed by atoms with van der Waals surface area (Å²) in [6.45, 7) is 8.59. The zero-order valence-electron chi connectivity index (χ0n) is 14.0. The lowest BCUT2D eigenvalue weighted by Gasteiger charge is -2.18. The van der Waals surface area contributed by atoms with Gasteiger partial charge in [0.15, 0.2) is 0 Å². The van der Waals surface area contributed by atoms with Gasteiger partial charge in [-0.25, -0.2) is 0 Å². The Kier molecular flexibility index (Phi) is 8.48. The number of hydrogen-bond acceptors (Lipinski definition) is 4. The number of carbonyl (C=O) groups is 1. The quantitative estimate of drug-likeness (QED) is 0.310. The van der Waals surface area contributed by atoms with Crippen LogP contribution in [0.2, 0.25) is 0 Å². The number of rotatable bonds is 10. The van der Waals surface area contributed by atoms with E-state index in [1.54, 1.807) is 19.3 Å². The van der Waals surface area contributed by atoms with E-state index in [9.17, 15) is 10.1 Å². The molecule has 0 saturated heterocycles. The van der Waals surface area contributed by atoms with Gasteiger partial charge in [0.1, 0.15) is 17.4 Å². The number of methoxy groups -OCH3 is 1. The summed E-state index contributed by atoms with van der Waals surface area (Å²) in [6, 6.07) is 9.70. The molecule has 0 aliphatic carbocycles. The van der Waals surface area contributed by atoms with E-state index in [1.165, 1.54) is 11.1 Å². The van der Waals surface area contributed by atoms with Crippen LogP contribution in [0, 0.1) is 11.3 Å². The lowest BCUT2D eigenvalue weighted by molar-refractivity contribution is -0.125. The van der Waals surface area contributed by atoms with Crippen LogP contribution in [0.5, 0.6) is 5.75 Å². The number of hydrogen-bond donors (Lipinski definition) is 1. The molecule has 1 aromatic rings. The molecule has 126 valence electrons. The Labute approximate surface area is 143 Å². The molecule has 0 spiro atoms. The minimum absolute atomic E-state index is 0.0634. The lowest BCUT2D eigenvalue weighted by Crippen LogP contribution is -2.32. The predicted octanol–water partition coefficient (Wildman–Crippen LogP) is 2.44. The van der Waals surface area contributed by atoms with Gasteiger partial charge in [-0.3, -0.25) is 4.79 Å². The van der Waals surface area contributed by atoms with Crippen LogP contribution in [-0.2, 0) is 11.2 Å². The van der Waals surface area contributed by atoms with Crippen molar-refractivity contribution in [3.05, 3.63) is 66.9 Å². The topological polar surface area (TPSA) is 65.4 Å². The molecule has 1 aromatic carbocycles. The Morgan fingerprint density at radius 3 is 2.42 bits per heavy atom. The summed E-state index contributed by atoms with van der Waals surface area (Å²) >= 11 is 0. The van der Waals surface area contributed by atoms with Crippen LogP contribution in [0.15, 0.2) is 61.3 Å². The van der Waals surface area contributed by atoms with E-state index in [0.717, 1.165) is 17.7 Å². The first-order valence-electron chi connectivity index (χ1n) is 7.63. The van der Waals surface area contributed by atoms with Crippen LogP contribution in [0.3, 0.4) is 0 Å². The molecule has 0 aromatic heterocycles. The highest BCUT2D eigenvalue weighted by molar-refractivity contribution is 5.97. The van der Waals surface area contributed by atoms with E-state index in [-0.39, 0.29) is 11.5 Å². The first kappa shape index (κ1) is 19.0. The highest BCUT2D eigenvalue weighted by atomic mass is 16.5. The van der Waals surface area contributed by atoms with E-state index in [0.29, 0.717) is 19.6 Å². The highest BCUT2D eigenvalue weighted by Gasteiger charge is 2.15. The number of nitrogens with zero attached hydrogens (tertiary/aromatic N) is 2. The molecule has 0 atom stereocenters. The summed E-state index contributed by atoms with van der Waals surface area (Å²) < 4.78 is 5.11. The molecular weight excluding hydrogens is 302 g/mol. The Hall–Kier alpha value is -3.00. The summed E-state index contributed by atoms with van der Waals surface area (Å²) in [5.41, 5.74) is 1.20. The monoisotopic (exact) mass is 325 g/mol. The molecule has 0 saturated carbocycles. The van der Waals surface area contributed by atoms with Crippen LogP contribution >= 0.6 is 0 Å². The maximum atomic E-state index is 12.3. The van der Waals surface area contributed by atoms with Gasteiger partial charge >= 0.3 is 0 Å². The van der Waals surface area contributed by atoms with E-state index in [2.05, 4.69) is 18.5 Å². The fourth-order valence-corrected chi connectivity index (χ4v) is 2.05. The Balaban J connectivity index is 2.58.